The lowest BCUT2D eigenvalue weighted by Gasteiger charge is -2.49. The van der Waals surface area contributed by atoms with E-state index in [1.807, 2.05) is 0 Å². The number of benzene rings is 1. The lowest BCUT2D eigenvalue weighted by Crippen LogP contribution is -2.52. The van der Waals surface area contributed by atoms with E-state index < -0.39 is 0 Å². The molecule has 0 aromatic heterocycles. The zero-order chi connectivity index (χ0) is 15.3. The van der Waals surface area contributed by atoms with Gasteiger partial charge in [0.05, 0.1) is 0 Å². The molecular weight excluding hydrogens is 284 g/mol. The number of nitrogens with one attached hydrogen (secondary N) is 1. The zero-order valence-corrected chi connectivity index (χ0v) is 14.0. The number of hydrogen-bond donors (Lipinski definition) is 1. The molecule has 0 bridgehead atoms. The lowest BCUT2D eigenvalue weighted by molar-refractivity contribution is -0.0390. The van der Waals surface area contributed by atoms with Crippen LogP contribution in [0.4, 0.5) is 0 Å². The van der Waals surface area contributed by atoms with Crippen molar-refractivity contribution in [1.82, 2.24) is 10.2 Å². The molecule has 124 valence electrons. The summed E-state index contributed by atoms with van der Waals surface area (Å²) < 4.78 is 6.40. The summed E-state index contributed by atoms with van der Waals surface area (Å²) in [7, 11) is 0. The Labute approximate surface area is 139 Å². The average molecular weight is 312 g/mol. The molecule has 3 nitrogen and oxygen atoms in total. The highest BCUT2D eigenvalue weighted by Crippen LogP contribution is 2.49. The monoisotopic (exact) mass is 312 g/mol. The molecule has 0 radical (unpaired) electrons. The number of para-hydroxylation sites is 1. The first-order chi connectivity index (χ1) is 11.3. The molecule has 23 heavy (non-hydrogen) atoms. The van der Waals surface area contributed by atoms with Crippen LogP contribution < -0.4 is 10.1 Å². The van der Waals surface area contributed by atoms with E-state index in [4.69, 9.17) is 4.74 Å². The molecule has 2 saturated heterocycles. The number of hydrogen-bond acceptors (Lipinski definition) is 3. The van der Waals surface area contributed by atoms with Gasteiger partial charge in [-0.1, -0.05) is 18.2 Å². The van der Waals surface area contributed by atoms with Gasteiger partial charge >= 0.3 is 0 Å². The predicted octanol–water partition coefficient (Wildman–Crippen LogP) is 3.65. The SMILES string of the molecule is c1ccc2c(c1)OC1(CCC1)C[C@@H]2N[C@H]1CCN2CCC[C@@H]2C1. The highest BCUT2D eigenvalue weighted by atomic mass is 16.5. The van der Waals surface area contributed by atoms with Crippen molar-refractivity contribution >= 4 is 0 Å². The second-order valence-electron chi connectivity index (χ2n) is 8.15. The van der Waals surface area contributed by atoms with Gasteiger partial charge in [0.25, 0.3) is 0 Å². The van der Waals surface area contributed by atoms with Crippen molar-refractivity contribution in [3.63, 3.8) is 0 Å². The summed E-state index contributed by atoms with van der Waals surface area (Å²) in [4.78, 5) is 2.71. The zero-order valence-electron chi connectivity index (χ0n) is 14.0. The highest BCUT2D eigenvalue weighted by Gasteiger charge is 2.46. The number of fused-ring (bicyclic) bond motifs is 2. The van der Waals surface area contributed by atoms with Crippen LogP contribution in [0, 0.1) is 0 Å². The normalized spacial score (nSPS) is 35.2. The van der Waals surface area contributed by atoms with Gasteiger partial charge in [-0.15, -0.1) is 0 Å². The maximum Gasteiger partial charge on any atom is 0.124 e. The number of piperidine rings is 1. The van der Waals surface area contributed by atoms with Crippen LogP contribution in [0.5, 0.6) is 5.75 Å². The molecule has 0 amide bonds. The molecule has 4 aliphatic rings. The quantitative estimate of drug-likeness (QED) is 0.902. The van der Waals surface area contributed by atoms with E-state index in [0.717, 1.165) is 18.2 Å². The van der Waals surface area contributed by atoms with Crippen molar-refractivity contribution in [3.8, 4) is 5.75 Å². The molecule has 1 saturated carbocycles. The molecule has 1 aromatic rings. The van der Waals surface area contributed by atoms with Gasteiger partial charge in [-0.25, -0.2) is 0 Å². The molecular formula is C20H28N2O. The van der Waals surface area contributed by atoms with Gasteiger partial charge in [0.1, 0.15) is 11.4 Å². The fraction of sp³-hybridized carbons (Fsp3) is 0.700. The minimum atomic E-state index is 0.139. The van der Waals surface area contributed by atoms with Crippen molar-refractivity contribution < 1.29 is 4.74 Å². The summed E-state index contributed by atoms with van der Waals surface area (Å²) in [5.41, 5.74) is 1.53. The fourth-order valence-corrected chi connectivity index (χ4v) is 5.30. The topological polar surface area (TPSA) is 24.5 Å². The molecule has 3 atom stereocenters. The third kappa shape index (κ3) is 2.49. The standard InChI is InChI=1S/C20H28N2O/c1-2-7-19-17(6-1)18(14-20(23-19)9-4-10-20)21-15-8-12-22-11-3-5-16(22)13-15/h1-2,6-7,15-16,18,21H,3-5,8-14H2/t15-,16+,18-/m0/s1. The first-order valence-corrected chi connectivity index (χ1v) is 9.59. The van der Waals surface area contributed by atoms with Crippen LogP contribution >= 0.6 is 0 Å². The second-order valence-corrected chi connectivity index (χ2v) is 8.15. The minimum Gasteiger partial charge on any atom is -0.487 e. The van der Waals surface area contributed by atoms with Crippen LogP contribution in [0.25, 0.3) is 0 Å². The lowest BCUT2D eigenvalue weighted by atomic mass is 9.72. The van der Waals surface area contributed by atoms with E-state index in [9.17, 15) is 0 Å². The molecule has 1 N–H and O–H groups in total. The largest absolute Gasteiger partial charge is 0.487 e. The van der Waals surface area contributed by atoms with Crippen LogP contribution in [0.2, 0.25) is 0 Å². The van der Waals surface area contributed by atoms with Gasteiger partial charge in [-0.05, 0) is 64.1 Å². The van der Waals surface area contributed by atoms with Gasteiger partial charge < -0.3 is 15.0 Å². The molecule has 3 fully saturated rings. The Bertz CT molecular complexity index is 583. The van der Waals surface area contributed by atoms with E-state index in [1.54, 1.807) is 0 Å². The summed E-state index contributed by atoms with van der Waals surface area (Å²) in [6.45, 7) is 2.62. The van der Waals surface area contributed by atoms with E-state index in [0.29, 0.717) is 12.1 Å². The molecule has 3 heterocycles. The Balaban J connectivity index is 1.35. The van der Waals surface area contributed by atoms with Crippen molar-refractivity contribution in [3.05, 3.63) is 29.8 Å². The summed E-state index contributed by atoms with van der Waals surface area (Å²) in [5, 5.41) is 4.04. The van der Waals surface area contributed by atoms with Crippen molar-refractivity contribution in [1.29, 1.82) is 0 Å². The van der Waals surface area contributed by atoms with Crippen molar-refractivity contribution in [2.24, 2.45) is 0 Å². The summed E-state index contributed by atoms with van der Waals surface area (Å²) in [6, 6.07) is 10.7. The second kappa shape index (κ2) is 5.49. The van der Waals surface area contributed by atoms with Crippen LogP contribution in [0.15, 0.2) is 24.3 Å². The average Bonchev–Trinajstić information content (AvgIpc) is 3.01. The smallest absolute Gasteiger partial charge is 0.124 e. The Hall–Kier alpha value is -1.06. The van der Waals surface area contributed by atoms with Gasteiger partial charge in [0.15, 0.2) is 0 Å². The number of rotatable bonds is 2. The summed E-state index contributed by atoms with van der Waals surface area (Å²) in [5.74, 6) is 1.13. The van der Waals surface area contributed by atoms with Crippen LogP contribution in [-0.2, 0) is 0 Å². The highest BCUT2D eigenvalue weighted by molar-refractivity contribution is 5.39. The summed E-state index contributed by atoms with van der Waals surface area (Å²) in [6.07, 6.45) is 10.4. The predicted molar refractivity (Wildman–Crippen MR) is 91.8 cm³/mol. The molecule has 1 aromatic carbocycles. The van der Waals surface area contributed by atoms with E-state index in [-0.39, 0.29) is 5.60 Å². The first kappa shape index (κ1) is 14.3. The maximum absolute atomic E-state index is 6.40. The van der Waals surface area contributed by atoms with E-state index in [1.165, 1.54) is 63.6 Å². The first-order valence-electron chi connectivity index (χ1n) is 9.59. The molecule has 3 aliphatic heterocycles. The molecule has 1 spiro atoms. The van der Waals surface area contributed by atoms with Crippen LogP contribution in [0.1, 0.15) is 63.0 Å². The van der Waals surface area contributed by atoms with E-state index >= 15 is 0 Å². The van der Waals surface area contributed by atoms with Gasteiger partial charge in [0.2, 0.25) is 0 Å². The summed E-state index contributed by atoms with van der Waals surface area (Å²) >= 11 is 0. The third-order valence-corrected chi connectivity index (χ3v) is 6.72. The van der Waals surface area contributed by atoms with Crippen molar-refractivity contribution in [2.75, 3.05) is 13.1 Å². The molecule has 3 heteroatoms. The number of ether oxygens (including phenoxy) is 1. The Kier molecular flexibility index (Phi) is 3.41. The van der Waals surface area contributed by atoms with Gasteiger partial charge in [0, 0.05) is 30.1 Å². The van der Waals surface area contributed by atoms with Crippen LogP contribution in [-0.4, -0.2) is 35.7 Å². The Morgan fingerprint density at radius 3 is 2.87 bits per heavy atom. The molecule has 1 aliphatic carbocycles. The van der Waals surface area contributed by atoms with Crippen molar-refractivity contribution in [2.45, 2.75) is 75.1 Å². The van der Waals surface area contributed by atoms with E-state index in [2.05, 4.69) is 34.5 Å². The van der Waals surface area contributed by atoms with Gasteiger partial charge in [-0.2, -0.15) is 0 Å². The van der Waals surface area contributed by atoms with Crippen LogP contribution in [0.3, 0.4) is 0 Å². The molecule has 0 unspecified atom stereocenters. The third-order valence-electron chi connectivity index (χ3n) is 6.72. The number of nitrogens with zero attached hydrogens (tertiary/aromatic N) is 1. The minimum absolute atomic E-state index is 0.139. The fourth-order valence-electron chi connectivity index (χ4n) is 5.30. The Morgan fingerprint density at radius 2 is 2.00 bits per heavy atom. The Morgan fingerprint density at radius 1 is 1.09 bits per heavy atom. The maximum atomic E-state index is 6.40. The molecule has 5 rings (SSSR count). The van der Waals surface area contributed by atoms with Gasteiger partial charge in [-0.3, -0.25) is 0 Å².